The Bertz CT molecular complexity index is 1730. The lowest BCUT2D eigenvalue weighted by molar-refractivity contribution is -0.0592. The summed E-state index contributed by atoms with van der Waals surface area (Å²) >= 11 is 0. The van der Waals surface area contributed by atoms with E-state index in [9.17, 15) is 0 Å². The standard InChI is InChI=1S/C34H38N6O2/c1-23-5-10-30-32(17-23)39(20-28-13-16-41-28)33(35-30)21-38-14-11-26(12-15-38)29-3-2-4-34(36-29)42-22-24-6-9-27-18-31(25-7-8-25)37-40(27)19-24/h2-6,9-10,17-19,25-26,28H,7-8,11-16,20-22H2,1H3. The molecule has 4 aromatic heterocycles. The largest absolute Gasteiger partial charge is 0.473 e. The normalized spacial score (nSPS) is 19.9. The number of likely N-dealkylation sites (tertiary alicyclic amines) is 1. The number of nitrogens with zero attached hydrogens (tertiary/aromatic N) is 6. The number of benzene rings is 1. The zero-order valence-electron chi connectivity index (χ0n) is 24.3. The lowest BCUT2D eigenvalue weighted by Gasteiger charge is -2.32. The third kappa shape index (κ3) is 5.29. The van der Waals surface area contributed by atoms with Gasteiger partial charge in [0, 0.05) is 42.0 Å². The van der Waals surface area contributed by atoms with Crippen molar-refractivity contribution in [3.05, 3.63) is 89.1 Å². The van der Waals surface area contributed by atoms with E-state index in [0.717, 1.165) is 80.2 Å². The maximum absolute atomic E-state index is 6.15. The van der Waals surface area contributed by atoms with Crippen molar-refractivity contribution in [1.29, 1.82) is 0 Å². The van der Waals surface area contributed by atoms with E-state index in [0.29, 0.717) is 30.4 Å². The van der Waals surface area contributed by atoms with Crippen LogP contribution >= 0.6 is 0 Å². The quantitative estimate of drug-likeness (QED) is 0.219. The number of ether oxygens (including phenoxy) is 2. The number of aromatic nitrogens is 5. The number of hydrogen-bond donors (Lipinski definition) is 0. The van der Waals surface area contributed by atoms with Crippen LogP contribution in [0.5, 0.6) is 5.88 Å². The topological polar surface area (TPSA) is 69.7 Å². The molecule has 0 bridgehead atoms. The molecule has 1 aliphatic carbocycles. The molecule has 216 valence electrons. The average Bonchev–Trinajstić information content (AvgIpc) is 3.67. The van der Waals surface area contributed by atoms with E-state index >= 15 is 0 Å². The van der Waals surface area contributed by atoms with Crippen LogP contribution in [0.4, 0.5) is 0 Å². The van der Waals surface area contributed by atoms with Crippen LogP contribution in [0.1, 0.15) is 72.3 Å². The second kappa shape index (κ2) is 10.8. The zero-order valence-corrected chi connectivity index (χ0v) is 24.3. The Balaban J connectivity index is 0.901. The van der Waals surface area contributed by atoms with Gasteiger partial charge in [0.05, 0.1) is 41.4 Å². The van der Waals surface area contributed by atoms with Gasteiger partial charge in [-0.2, -0.15) is 5.10 Å². The minimum Gasteiger partial charge on any atom is -0.473 e. The second-order valence-electron chi connectivity index (χ2n) is 12.4. The van der Waals surface area contributed by atoms with Gasteiger partial charge in [-0.15, -0.1) is 0 Å². The SMILES string of the molecule is Cc1ccc2nc(CN3CCC(c4cccc(OCc5ccc6cc(C7CC7)nn6c5)n4)CC3)n(CC3CCO3)c2c1. The Morgan fingerprint density at radius 2 is 1.76 bits per heavy atom. The first-order valence-electron chi connectivity index (χ1n) is 15.5. The van der Waals surface area contributed by atoms with Crippen LogP contribution in [0.2, 0.25) is 0 Å². The number of hydrogen-bond acceptors (Lipinski definition) is 6. The minimum atomic E-state index is 0.307. The van der Waals surface area contributed by atoms with Crippen LogP contribution in [0, 0.1) is 6.92 Å². The fourth-order valence-corrected chi connectivity index (χ4v) is 6.43. The second-order valence-corrected chi connectivity index (χ2v) is 12.4. The van der Waals surface area contributed by atoms with Crippen LogP contribution in [0.15, 0.2) is 60.8 Å². The lowest BCUT2D eigenvalue weighted by Crippen LogP contribution is -2.35. The molecule has 6 heterocycles. The summed E-state index contributed by atoms with van der Waals surface area (Å²) < 4.78 is 16.3. The fourth-order valence-electron chi connectivity index (χ4n) is 6.43. The van der Waals surface area contributed by atoms with E-state index in [2.05, 4.69) is 71.1 Å². The van der Waals surface area contributed by atoms with Crippen molar-refractivity contribution in [1.82, 2.24) is 29.0 Å². The van der Waals surface area contributed by atoms with Crippen molar-refractivity contribution in [2.24, 2.45) is 0 Å². The molecule has 5 aromatic rings. The number of fused-ring (bicyclic) bond motifs is 2. The Morgan fingerprint density at radius 1 is 0.905 bits per heavy atom. The molecule has 1 atom stereocenters. The number of rotatable bonds is 9. The van der Waals surface area contributed by atoms with Gasteiger partial charge in [-0.1, -0.05) is 18.2 Å². The van der Waals surface area contributed by atoms with Gasteiger partial charge >= 0.3 is 0 Å². The Labute approximate surface area is 246 Å². The maximum Gasteiger partial charge on any atom is 0.213 e. The van der Waals surface area contributed by atoms with Gasteiger partial charge in [0.1, 0.15) is 12.4 Å². The van der Waals surface area contributed by atoms with Gasteiger partial charge in [0.2, 0.25) is 5.88 Å². The molecule has 8 nitrogen and oxygen atoms in total. The summed E-state index contributed by atoms with van der Waals surface area (Å²) in [5.41, 5.74) is 8.16. The molecule has 3 fully saturated rings. The highest BCUT2D eigenvalue weighted by molar-refractivity contribution is 5.77. The van der Waals surface area contributed by atoms with Crippen LogP contribution in [-0.4, -0.2) is 54.8 Å². The van der Waals surface area contributed by atoms with Crippen LogP contribution in [0.3, 0.4) is 0 Å². The zero-order chi connectivity index (χ0) is 28.0. The minimum absolute atomic E-state index is 0.307. The Hall–Kier alpha value is -3.75. The summed E-state index contributed by atoms with van der Waals surface area (Å²) in [7, 11) is 0. The van der Waals surface area contributed by atoms with Crippen molar-refractivity contribution >= 4 is 16.6 Å². The maximum atomic E-state index is 6.15. The van der Waals surface area contributed by atoms with Crippen molar-refractivity contribution in [2.75, 3.05) is 19.7 Å². The molecule has 3 aliphatic rings. The van der Waals surface area contributed by atoms with Crippen molar-refractivity contribution in [3.63, 3.8) is 0 Å². The molecule has 8 heteroatoms. The highest BCUT2D eigenvalue weighted by Crippen LogP contribution is 2.39. The summed E-state index contributed by atoms with van der Waals surface area (Å²) in [6.07, 6.45) is 8.21. The summed E-state index contributed by atoms with van der Waals surface area (Å²) in [6, 6.07) is 19.2. The average molecular weight is 563 g/mol. The van der Waals surface area contributed by atoms with Crippen LogP contribution < -0.4 is 4.74 Å². The monoisotopic (exact) mass is 562 g/mol. The van der Waals surface area contributed by atoms with E-state index < -0.39 is 0 Å². The van der Waals surface area contributed by atoms with Gasteiger partial charge in [-0.3, -0.25) is 4.90 Å². The first-order chi connectivity index (χ1) is 20.6. The summed E-state index contributed by atoms with van der Waals surface area (Å²) in [5, 5.41) is 4.77. The smallest absolute Gasteiger partial charge is 0.213 e. The highest BCUT2D eigenvalue weighted by Gasteiger charge is 2.27. The molecule has 0 radical (unpaired) electrons. The Morgan fingerprint density at radius 3 is 2.57 bits per heavy atom. The van der Waals surface area contributed by atoms with Gasteiger partial charge in [0.25, 0.3) is 0 Å². The van der Waals surface area contributed by atoms with Crippen molar-refractivity contribution < 1.29 is 9.47 Å². The first kappa shape index (κ1) is 25.9. The fraction of sp³-hybridized carbons (Fsp3) is 0.441. The predicted molar refractivity (Wildman–Crippen MR) is 162 cm³/mol. The van der Waals surface area contributed by atoms with Crippen molar-refractivity contribution in [3.8, 4) is 5.88 Å². The van der Waals surface area contributed by atoms with E-state index in [1.165, 1.54) is 29.6 Å². The van der Waals surface area contributed by atoms with Crippen molar-refractivity contribution in [2.45, 2.75) is 76.7 Å². The molecular weight excluding hydrogens is 524 g/mol. The van der Waals surface area contributed by atoms with E-state index in [1.807, 2.05) is 10.6 Å². The number of pyridine rings is 2. The Kier molecular flexibility index (Phi) is 6.68. The molecule has 1 aromatic carbocycles. The third-order valence-corrected chi connectivity index (χ3v) is 9.20. The lowest BCUT2D eigenvalue weighted by atomic mass is 9.93. The summed E-state index contributed by atoms with van der Waals surface area (Å²) in [4.78, 5) is 12.5. The molecular formula is C34H38N6O2. The molecule has 0 amide bonds. The predicted octanol–water partition coefficient (Wildman–Crippen LogP) is 6.01. The highest BCUT2D eigenvalue weighted by atomic mass is 16.5. The van der Waals surface area contributed by atoms with Crippen LogP contribution in [-0.2, 0) is 24.4 Å². The molecule has 2 aliphatic heterocycles. The van der Waals surface area contributed by atoms with Crippen LogP contribution in [0.25, 0.3) is 16.6 Å². The van der Waals surface area contributed by atoms with Gasteiger partial charge in [-0.05, 0) is 88.0 Å². The molecule has 42 heavy (non-hydrogen) atoms. The van der Waals surface area contributed by atoms with E-state index in [-0.39, 0.29) is 0 Å². The summed E-state index contributed by atoms with van der Waals surface area (Å²) in [6.45, 7) is 7.33. The van der Waals surface area contributed by atoms with E-state index in [4.69, 9.17) is 24.5 Å². The summed E-state index contributed by atoms with van der Waals surface area (Å²) in [5.74, 6) is 2.94. The number of piperidine rings is 1. The van der Waals surface area contributed by atoms with Gasteiger partial charge in [0.15, 0.2) is 0 Å². The molecule has 0 N–H and O–H groups in total. The third-order valence-electron chi connectivity index (χ3n) is 9.20. The number of imidazole rings is 1. The number of aryl methyl sites for hydroxylation is 1. The van der Waals surface area contributed by atoms with Gasteiger partial charge < -0.3 is 14.0 Å². The molecule has 2 saturated heterocycles. The molecule has 0 spiro atoms. The molecule has 1 saturated carbocycles. The molecule has 1 unspecified atom stereocenters. The van der Waals surface area contributed by atoms with E-state index in [1.54, 1.807) is 0 Å². The van der Waals surface area contributed by atoms with Gasteiger partial charge in [-0.25, -0.2) is 14.5 Å². The molecule has 8 rings (SSSR count). The first-order valence-corrected chi connectivity index (χ1v) is 15.5.